The molecule has 0 atom stereocenters. The summed E-state index contributed by atoms with van der Waals surface area (Å²) in [6, 6.07) is 50.1. The molecule has 7 aromatic carbocycles. The van der Waals surface area contributed by atoms with E-state index >= 15 is 0 Å². The molecule has 1 aliphatic carbocycles. The highest BCUT2D eigenvalue weighted by atomic mass is 15.2. The molecule has 2 heterocycles. The molecular formula is C66H76BN3. The molecular weight excluding hydrogens is 846 g/mol. The zero-order valence-electron chi connectivity index (χ0n) is 45.5. The number of hydrogen-bond acceptors (Lipinski definition) is 3. The molecule has 10 rings (SSSR count). The van der Waals surface area contributed by atoms with Gasteiger partial charge in [-0.1, -0.05) is 163 Å². The van der Waals surface area contributed by atoms with Crippen LogP contribution in [0.5, 0.6) is 0 Å². The molecule has 0 fully saturated rings. The number of aryl methyl sites for hydroxylation is 4. The molecule has 70 heavy (non-hydrogen) atoms. The summed E-state index contributed by atoms with van der Waals surface area (Å²) < 4.78 is 0. The van der Waals surface area contributed by atoms with E-state index in [2.05, 4.69) is 260 Å². The Labute approximate surface area is 422 Å². The third-order valence-corrected chi connectivity index (χ3v) is 16.5. The fourth-order valence-electron chi connectivity index (χ4n) is 12.1. The van der Waals surface area contributed by atoms with Gasteiger partial charge < -0.3 is 14.7 Å². The lowest BCUT2D eigenvalue weighted by Gasteiger charge is -2.48. The maximum absolute atomic E-state index is 2.69. The zero-order chi connectivity index (χ0) is 50.2. The van der Waals surface area contributed by atoms with E-state index in [4.69, 9.17) is 0 Å². The summed E-state index contributed by atoms with van der Waals surface area (Å²) in [5.41, 5.74) is 27.3. The first-order chi connectivity index (χ1) is 32.8. The molecule has 0 aromatic heterocycles. The molecule has 3 aliphatic rings. The Kier molecular flexibility index (Phi) is 11.1. The summed E-state index contributed by atoms with van der Waals surface area (Å²) in [5, 5.41) is 0. The van der Waals surface area contributed by atoms with Gasteiger partial charge in [-0.05, 0) is 189 Å². The minimum Gasteiger partial charge on any atom is -0.311 e. The molecule has 0 bridgehead atoms. The molecule has 358 valence electrons. The number of benzene rings is 7. The maximum Gasteiger partial charge on any atom is 0.252 e. The van der Waals surface area contributed by atoms with Crippen molar-refractivity contribution in [1.29, 1.82) is 0 Å². The van der Waals surface area contributed by atoms with Gasteiger partial charge >= 0.3 is 0 Å². The van der Waals surface area contributed by atoms with Gasteiger partial charge in [-0.25, -0.2) is 0 Å². The zero-order valence-corrected chi connectivity index (χ0v) is 45.5. The van der Waals surface area contributed by atoms with E-state index in [-0.39, 0.29) is 33.8 Å². The van der Waals surface area contributed by atoms with Crippen LogP contribution < -0.4 is 31.1 Å². The Bertz CT molecular complexity index is 3100. The van der Waals surface area contributed by atoms with E-state index in [1.807, 2.05) is 0 Å². The van der Waals surface area contributed by atoms with E-state index in [0.29, 0.717) is 0 Å². The number of hydrogen-bond donors (Lipinski definition) is 0. The van der Waals surface area contributed by atoms with Gasteiger partial charge in [0.1, 0.15) is 0 Å². The van der Waals surface area contributed by atoms with Crippen LogP contribution in [0.25, 0.3) is 0 Å². The van der Waals surface area contributed by atoms with Crippen LogP contribution in [0.15, 0.2) is 127 Å². The van der Waals surface area contributed by atoms with Gasteiger partial charge in [-0.2, -0.15) is 0 Å². The van der Waals surface area contributed by atoms with Crippen LogP contribution >= 0.6 is 0 Å². The summed E-state index contributed by atoms with van der Waals surface area (Å²) >= 11 is 0. The summed E-state index contributed by atoms with van der Waals surface area (Å²) in [4.78, 5) is 7.83. The van der Waals surface area contributed by atoms with Gasteiger partial charge in [0.25, 0.3) is 6.71 Å². The van der Waals surface area contributed by atoms with Crippen molar-refractivity contribution >= 4 is 74.3 Å². The van der Waals surface area contributed by atoms with Crippen molar-refractivity contribution in [2.24, 2.45) is 0 Å². The quantitative estimate of drug-likeness (QED) is 0.159. The topological polar surface area (TPSA) is 9.72 Å². The lowest BCUT2D eigenvalue weighted by Crippen LogP contribution is -2.62. The Morgan fingerprint density at radius 2 is 0.800 bits per heavy atom. The number of fused-ring (bicyclic) bond motifs is 5. The Balaban J connectivity index is 1.33. The van der Waals surface area contributed by atoms with Crippen molar-refractivity contribution in [3.8, 4) is 0 Å². The number of para-hydroxylation sites is 2. The van der Waals surface area contributed by atoms with Gasteiger partial charge in [0.2, 0.25) is 0 Å². The SMILES string of the molecule is Cc1cccc(C)c1N1c2cc(N(c3ccc(C(C)(C)C)cc3)c3ccc(C(C)(C)C)cc3)ccc2B2c3cc4c(cc3N(c3c(C)cccc3C)c3cc(C(C)(C)C)cc1c32)C(C)(C)CCC4(C)C. The van der Waals surface area contributed by atoms with E-state index in [1.54, 1.807) is 0 Å². The summed E-state index contributed by atoms with van der Waals surface area (Å²) in [6.07, 6.45) is 2.33. The van der Waals surface area contributed by atoms with Crippen molar-refractivity contribution in [2.45, 2.75) is 158 Å². The van der Waals surface area contributed by atoms with Gasteiger partial charge in [0.05, 0.1) is 11.4 Å². The van der Waals surface area contributed by atoms with Crippen LogP contribution in [-0.2, 0) is 27.1 Å². The third-order valence-electron chi connectivity index (χ3n) is 16.5. The fraction of sp³-hybridized carbons (Fsp3) is 0.364. The molecule has 0 saturated carbocycles. The average molecular weight is 922 g/mol. The molecule has 0 radical (unpaired) electrons. The van der Waals surface area contributed by atoms with Crippen LogP contribution in [0, 0.1) is 27.7 Å². The van der Waals surface area contributed by atoms with E-state index < -0.39 is 0 Å². The fourth-order valence-corrected chi connectivity index (χ4v) is 12.1. The highest BCUT2D eigenvalue weighted by Crippen LogP contribution is 2.53. The highest BCUT2D eigenvalue weighted by molar-refractivity contribution is 7.00. The molecule has 2 aliphatic heterocycles. The predicted molar refractivity (Wildman–Crippen MR) is 305 cm³/mol. The van der Waals surface area contributed by atoms with E-state index in [9.17, 15) is 0 Å². The minimum atomic E-state index is -0.126. The molecule has 0 amide bonds. The first-order valence-electron chi connectivity index (χ1n) is 26.0. The Morgan fingerprint density at radius 1 is 0.414 bits per heavy atom. The molecule has 0 unspecified atom stereocenters. The summed E-state index contributed by atoms with van der Waals surface area (Å²) in [5.74, 6) is 0. The lowest BCUT2D eigenvalue weighted by molar-refractivity contribution is 0.332. The standard InChI is InChI=1S/C66H76BN3/c1-41-20-18-21-42(2)60(41)69-55-38-50(68(48-28-24-45(25-29-48)62(5,6)7)49-30-26-46(27-31-49)63(8,9)10)32-33-53(55)67-54-39-51-52(66(16,17)35-34-65(51,14)15)40-56(54)70(61-43(3)22-19-23-44(61)4)58-37-47(64(11,12)13)36-57(69)59(58)67/h18-33,36-40H,34-35H2,1-17H3. The average Bonchev–Trinajstić information content (AvgIpc) is 3.28. The highest BCUT2D eigenvalue weighted by Gasteiger charge is 2.47. The third kappa shape index (κ3) is 7.80. The van der Waals surface area contributed by atoms with Gasteiger partial charge in [-0.15, -0.1) is 0 Å². The first kappa shape index (κ1) is 47.7. The van der Waals surface area contributed by atoms with Crippen molar-refractivity contribution in [3.05, 3.63) is 177 Å². The van der Waals surface area contributed by atoms with Crippen molar-refractivity contribution in [3.63, 3.8) is 0 Å². The second-order valence-corrected chi connectivity index (χ2v) is 25.7. The van der Waals surface area contributed by atoms with Crippen molar-refractivity contribution in [2.75, 3.05) is 14.7 Å². The van der Waals surface area contributed by atoms with Gasteiger partial charge in [0.15, 0.2) is 0 Å². The molecule has 0 N–H and O–H groups in total. The second-order valence-electron chi connectivity index (χ2n) is 25.7. The summed E-state index contributed by atoms with van der Waals surface area (Å²) in [6.45, 7) is 40.0. The number of rotatable bonds is 5. The predicted octanol–water partition coefficient (Wildman–Crippen LogP) is 16.7. The Hall–Kier alpha value is -6.00. The molecule has 0 saturated heterocycles. The molecule has 4 heteroatoms. The molecule has 0 spiro atoms. The number of anilines is 9. The Morgan fingerprint density at radius 3 is 1.21 bits per heavy atom. The lowest BCUT2D eigenvalue weighted by atomic mass is 9.33. The van der Waals surface area contributed by atoms with Crippen LogP contribution in [0.1, 0.15) is 153 Å². The summed E-state index contributed by atoms with van der Waals surface area (Å²) in [7, 11) is 0. The van der Waals surface area contributed by atoms with Crippen LogP contribution in [-0.4, -0.2) is 6.71 Å². The number of nitrogens with zero attached hydrogens (tertiary/aromatic N) is 3. The van der Waals surface area contributed by atoms with Crippen LogP contribution in [0.3, 0.4) is 0 Å². The van der Waals surface area contributed by atoms with E-state index in [1.165, 1.54) is 101 Å². The smallest absolute Gasteiger partial charge is 0.252 e. The first-order valence-corrected chi connectivity index (χ1v) is 26.0. The van der Waals surface area contributed by atoms with Crippen molar-refractivity contribution < 1.29 is 0 Å². The maximum atomic E-state index is 2.69. The van der Waals surface area contributed by atoms with Crippen LogP contribution in [0.2, 0.25) is 0 Å². The molecule has 7 aromatic rings. The van der Waals surface area contributed by atoms with Crippen LogP contribution in [0.4, 0.5) is 51.2 Å². The second kappa shape index (κ2) is 16.3. The monoisotopic (exact) mass is 922 g/mol. The van der Waals surface area contributed by atoms with Crippen molar-refractivity contribution in [1.82, 2.24) is 0 Å². The van der Waals surface area contributed by atoms with Gasteiger partial charge in [-0.3, -0.25) is 0 Å². The van der Waals surface area contributed by atoms with Gasteiger partial charge in [0, 0.05) is 39.8 Å². The normalized spacial score (nSPS) is 15.8. The van der Waals surface area contributed by atoms with E-state index in [0.717, 1.165) is 29.9 Å². The molecule has 3 nitrogen and oxygen atoms in total. The largest absolute Gasteiger partial charge is 0.311 e. The minimum absolute atomic E-state index is 0.00376.